The minimum atomic E-state index is -3.50. The number of hydrogen-bond acceptors (Lipinski definition) is 3. The molecule has 0 aliphatic carbocycles. The van der Waals surface area contributed by atoms with Crippen LogP contribution in [-0.4, -0.2) is 20.1 Å². The van der Waals surface area contributed by atoms with Gasteiger partial charge in [0.25, 0.3) is 0 Å². The summed E-state index contributed by atoms with van der Waals surface area (Å²) in [5, 5.41) is 12.4. The topological polar surface area (TPSA) is 66.4 Å². The third-order valence-corrected chi connectivity index (χ3v) is 5.20. The first-order valence-corrected chi connectivity index (χ1v) is 9.37. The molecule has 0 bridgehead atoms. The average Bonchev–Trinajstić information content (AvgIpc) is 2.60. The van der Waals surface area contributed by atoms with Crippen molar-refractivity contribution in [3.63, 3.8) is 0 Å². The van der Waals surface area contributed by atoms with Gasteiger partial charge in [-0.05, 0) is 21.9 Å². The lowest BCUT2D eigenvalue weighted by molar-refractivity contribution is 0.183. The summed E-state index contributed by atoms with van der Waals surface area (Å²) in [5.41, 5.74) is 1.43. The van der Waals surface area contributed by atoms with Crippen LogP contribution in [0.15, 0.2) is 72.8 Å². The van der Waals surface area contributed by atoms with Crippen molar-refractivity contribution in [3.8, 4) is 0 Å². The second-order valence-electron chi connectivity index (χ2n) is 5.68. The molecule has 3 aromatic carbocycles. The highest BCUT2D eigenvalue weighted by Crippen LogP contribution is 2.24. The van der Waals surface area contributed by atoms with E-state index in [0.29, 0.717) is 5.56 Å². The molecule has 0 saturated heterocycles. The molecule has 3 rings (SSSR count). The first-order chi connectivity index (χ1) is 11.6. The average molecular weight is 341 g/mol. The third kappa shape index (κ3) is 4.00. The smallest absolute Gasteiger partial charge is 0.215 e. The third-order valence-electron chi connectivity index (χ3n) is 3.88. The quantitative estimate of drug-likeness (QED) is 0.724. The Morgan fingerprint density at radius 3 is 2.33 bits per heavy atom. The number of nitrogens with one attached hydrogen (secondary N) is 1. The molecule has 2 N–H and O–H groups in total. The van der Waals surface area contributed by atoms with E-state index in [0.717, 1.165) is 16.3 Å². The van der Waals surface area contributed by atoms with Gasteiger partial charge in [-0.2, -0.15) is 0 Å². The highest BCUT2D eigenvalue weighted by Gasteiger charge is 2.16. The Balaban J connectivity index is 1.71. The number of aliphatic hydroxyl groups is 1. The van der Waals surface area contributed by atoms with Crippen LogP contribution in [0.1, 0.15) is 17.2 Å². The lowest BCUT2D eigenvalue weighted by Crippen LogP contribution is -2.29. The lowest BCUT2D eigenvalue weighted by atomic mass is 10.0. The maximum Gasteiger partial charge on any atom is 0.215 e. The fourth-order valence-electron chi connectivity index (χ4n) is 2.70. The molecule has 0 aliphatic rings. The predicted octanol–water partition coefficient (Wildman–Crippen LogP) is 2.99. The molecule has 0 spiro atoms. The zero-order chi connectivity index (χ0) is 17.0. The monoisotopic (exact) mass is 341 g/mol. The molecular formula is C19H19NO3S. The summed E-state index contributed by atoms with van der Waals surface area (Å²) < 4.78 is 26.8. The van der Waals surface area contributed by atoms with Gasteiger partial charge < -0.3 is 5.11 Å². The number of hydrogen-bond donors (Lipinski definition) is 2. The Morgan fingerprint density at radius 1 is 0.875 bits per heavy atom. The van der Waals surface area contributed by atoms with Crippen LogP contribution in [0.4, 0.5) is 0 Å². The summed E-state index contributed by atoms with van der Waals surface area (Å²) in [6, 6.07) is 22.3. The number of benzene rings is 3. The van der Waals surface area contributed by atoms with Gasteiger partial charge in [0.15, 0.2) is 0 Å². The molecule has 0 unspecified atom stereocenters. The molecule has 0 heterocycles. The van der Waals surface area contributed by atoms with Gasteiger partial charge in [-0.1, -0.05) is 72.8 Å². The van der Waals surface area contributed by atoms with Gasteiger partial charge in [0.2, 0.25) is 10.0 Å². The van der Waals surface area contributed by atoms with Gasteiger partial charge in [0, 0.05) is 6.54 Å². The molecule has 0 radical (unpaired) electrons. The molecule has 3 aromatic rings. The largest absolute Gasteiger partial charge is 0.387 e. The summed E-state index contributed by atoms with van der Waals surface area (Å²) in [7, 11) is -3.50. The van der Waals surface area contributed by atoms with Crippen LogP contribution >= 0.6 is 0 Å². The molecular weight excluding hydrogens is 322 g/mol. The fraction of sp³-hybridized carbons (Fsp3) is 0.158. The molecule has 4 nitrogen and oxygen atoms in total. The van der Waals surface area contributed by atoms with Gasteiger partial charge in [0.05, 0.1) is 11.9 Å². The second kappa shape index (κ2) is 7.13. The summed E-state index contributed by atoms with van der Waals surface area (Å²) >= 11 is 0. The van der Waals surface area contributed by atoms with E-state index in [1.807, 2.05) is 48.5 Å². The minimum absolute atomic E-state index is 0.0524. The fourth-order valence-corrected chi connectivity index (χ4v) is 3.85. The Kier molecular flexibility index (Phi) is 4.94. The molecule has 0 fully saturated rings. The highest BCUT2D eigenvalue weighted by atomic mass is 32.2. The van der Waals surface area contributed by atoms with Crippen LogP contribution in [-0.2, 0) is 15.8 Å². The van der Waals surface area contributed by atoms with Crippen LogP contribution in [0, 0.1) is 0 Å². The van der Waals surface area contributed by atoms with Crippen LogP contribution < -0.4 is 4.72 Å². The summed E-state index contributed by atoms with van der Waals surface area (Å²) in [6.45, 7) is -0.0524. The van der Waals surface area contributed by atoms with Crippen LogP contribution in [0.2, 0.25) is 0 Å². The normalized spacial score (nSPS) is 13.0. The first kappa shape index (κ1) is 16.6. The lowest BCUT2D eigenvalue weighted by Gasteiger charge is -2.15. The van der Waals surface area contributed by atoms with Gasteiger partial charge in [-0.25, -0.2) is 13.1 Å². The SMILES string of the molecule is O=S(=O)(Cc1ccccc1)NC[C@H](O)c1cccc2ccccc12. The van der Waals surface area contributed by atoms with Crippen molar-refractivity contribution in [1.29, 1.82) is 0 Å². The second-order valence-corrected chi connectivity index (χ2v) is 7.48. The standard InChI is InChI=1S/C19H19NO3S/c21-19(18-12-6-10-16-9-4-5-11-17(16)18)13-20-24(22,23)14-15-7-2-1-3-8-15/h1-12,19-21H,13-14H2/t19-/m0/s1. The first-order valence-electron chi connectivity index (χ1n) is 7.72. The van der Waals surface area contributed by atoms with E-state index in [1.165, 1.54) is 0 Å². The van der Waals surface area contributed by atoms with Crippen LogP contribution in [0.3, 0.4) is 0 Å². The van der Waals surface area contributed by atoms with Crippen molar-refractivity contribution in [2.24, 2.45) is 0 Å². The predicted molar refractivity (Wildman–Crippen MR) is 96.0 cm³/mol. The Labute approximate surface area is 141 Å². The molecule has 0 amide bonds. The van der Waals surface area contributed by atoms with Crippen molar-refractivity contribution in [2.45, 2.75) is 11.9 Å². The van der Waals surface area contributed by atoms with Gasteiger partial charge >= 0.3 is 0 Å². The maximum absolute atomic E-state index is 12.2. The van der Waals surface area contributed by atoms with Crippen molar-refractivity contribution < 1.29 is 13.5 Å². The maximum atomic E-state index is 12.2. The molecule has 0 aliphatic heterocycles. The van der Waals surface area contributed by atoms with Crippen LogP contribution in [0.25, 0.3) is 10.8 Å². The molecule has 24 heavy (non-hydrogen) atoms. The zero-order valence-corrected chi connectivity index (χ0v) is 13.9. The molecule has 1 atom stereocenters. The van der Waals surface area contributed by atoms with E-state index < -0.39 is 16.1 Å². The van der Waals surface area contributed by atoms with E-state index in [4.69, 9.17) is 0 Å². The van der Waals surface area contributed by atoms with Crippen molar-refractivity contribution in [2.75, 3.05) is 6.54 Å². The summed E-state index contributed by atoms with van der Waals surface area (Å²) in [6.07, 6.45) is -0.901. The summed E-state index contributed by atoms with van der Waals surface area (Å²) in [4.78, 5) is 0. The molecule has 5 heteroatoms. The highest BCUT2D eigenvalue weighted by molar-refractivity contribution is 7.88. The van der Waals surface area contributed by atoms with Crippen LogP contribution in [0.5, 0.6) is 0 Å². The van der Waals surface area contributed by atoms with Gasteiger partial charge in [-0.15, -0.1) is 0 Å². The number of fused-ring (bicyclic) bond motifs is 1. The number of rotatable bonds is 6. The molecule has 0 aromatic heterocycles. The summed E-state index contributed by atoms with van der Waals surface area (Å²) in [5.74, 6) is -0.101. The van der Waals surface area contributed by atoms with Crippen molar-refractivity contribution >= 4 is 20.8 Å². The van der Waals surface area contributed by atoms with E-state index in [9.17, 15) is 13.5 Å². The Morgan fingerprint density at radius 2 is 1.54 bits per heavy atom. The Bertz CT molecular complexity index is 918. The number of sulfonamides is 1. The van der Waals surface area contributed by atoms with E-state index in [-0.39, 0.29) is 12.3 Å². The van der Waals surface area contributed by atoms with E-state index in [2.05, 4.69) is 4.72 Å². The molecule has 124 valence electrons. The molecule has 0 saturated carbocycles. The van der Waals surface area contributed by atoms with Crippen molar-refractivity contribution in [3.05, 3.63) is 83.9 Å². The van der Waals surface area contributed by atoms with E-state index in [1.54, 1.807) is 24.3 Å². The Hall–Kier alpha value is -2.21. The van der Waals surface area contributed by atoms with Crippen molar-refractivity contribution in [1.82, 2.24) is 4.72 Å². The zero-order valence-electron chi connectivity index (χ0n) is 13.1. The van der Waals surface area contributed by atoms with Gasteiger partial charge in [-0.3, -0.25) is 0 Å². The van der Waals surface area contributed by atoms with Gasteiger partial charge in [0.1, 0.15) is 0 Å². The van der Waals surface area contributed by atoms with E-state index >= 15 is 0 Å². The minimum Gasteiger partial charge on any atom is -0.387 e. The number of aliphatic hydroxyl groups excluding tert-OH is 1.